The third-order valence-corrected chi connectivity index (χ3v) is 9.57. The molecule has 40 heavy (non-hydrogen) atoms. The summed E-state index contributed by atoms with van der Waals surface area (Å²) in [6.45, 7) is 0.541. The topological polar surface area (TPSA) is 125 Å². The fourth-order valence-corrected chi connectivity index (χ4v) is 7.01. The molecule has 0 saturated heterocycles. The van der Waals surface area contributed by atoms with E-state index in [4.69, 9.17) is 28.9 Å². The molecule has 2 aliphatic rings. The van der Waals surface area contributed by atoms with Gasteiger partial charge in [0.1, 0.15) is 5.82 Å². The van der Waals surface area contributed by atoms with Crippen LogP contribution in [-0.2, 0) is 16.0 Å². The Balaban J connectivity index is 1.36. The number of halogens is 2. The number of thioether (sulfide) groups is 1. The Morgan fingerprint density at radius 1 is 1.18 bits per heavy atom. The van der Waals surface area contributed by atoms with Gasteiger partial charge in [-0.05, 0) is 36.5 Å². The molecular weight excluding hydrogens is 587 g/mol. The third kappa shape index (κ3) is 5.74. The first-order chi connectivity index (χ1) is 19.4. The molecule has 3 aromatic rings. The zero-order chi connectivity index (χ0) is 28.2. The van der Waals surface area contributed by atoms with Crippen LogP contribution in [0.1, 0.15) is 36.3 Å². The fourth-order valence-electron chi connectivity index (χ4n) is 4.88. The van der Waals surface area contributed by atoms with Gasteiger partial charge in [0.05, 0.1) is 33.4 Å². The van der Waals surface area contributed by atoms with Crippen molar-refractivity contribution < 1.29 is 9.59 Å². The summed E-state index contributed by atoms with van der Waals surface area (Å²) in [5, 5.41) is 22.7. The van der Waals surface area contributed by atoms with Crippen LogP contribution in [0.15, 0.2) is 75.5 Å². The third-order valence-electron chi connectivity index (χ3n) is 6.70. The van der Waals surface area contributed by atoms with Crippen molar-refractivity contribution in [2.75, 3.05) is 17.2 Å². The number of rotatable bonds is 8. The number of nitrogens with one attached hydrogen (secondary N) is 1. The van der Waals surface area contributed by atoms with Crippen LogP contribution in [0.3, 0.4) is 0 Å². The van der Waals surface area contributed by atoms with E-state index in [1.165, 1.54) is 23.1 Å². The van der Waals surface area contributed by atoms with E-state index in [1.807, 2.05) is 30.3 Å². The van der Waals surface area contributed by atoms with Crippen molar-refractivity contribution in [2.45, 2.75) is 35.9 Å². The maximum absolute atomic E-state index is 13.3. The molecule has 0 fully saturated rings. The number of nitrogens with two attached hydrogens (primary N) is 1. The lowest BCUT2D eigenvalue weighted by molar-refractivity contribution is -0.118. The minimum atomic E-state index is -0.725. The Morgan fingerprint density at radius 2 is 1.98 bits per heavy atom. The van der Waals surface area contributed by atoms with Crippen molar-refractivity contribution in [3.63, 3.8) is 0 Å². The number of nitrogens with zero attached hydrogens (tertiary/aromatic N) is 4. The number of aromatic nitrogens is 2. The monoisotopic (exact) mass is 610 g/mol. The fraction of sp³-hybridized carbons (Fsp3) is 0.250. The summed E-state index contributed by atoms with van der Waals surface area (Å²) in [6, 6.07) is 17.3. The van der Waals surface area contributed by atoms with Crippen LogP contribution in [0, 0.1) is 11.3 Å². The second-order valence-electron chi connectivity index (χ2n) is 9.18. The maximum Gasteiger partial charge on any atom is 0.230 e. The number of hydrogen-bond acceptors (Lipinski definition) is 9. The largest absolute Gasteiger partial charge is 0.384 e. The molecule has 0 radical (unpaired) electrons. The summed E-state index contributed by atoms with van der Waals surface area (Å²) in [6.07, 6.45) is 2.32. The van der Waals surface area contributed by atoms with E-state index in [2.05, 4.69) is 21.6 Å². The highest BCUT2D eigenvalue weighted by molar-refractivity contribution is 8.01. The smallest absolute Gasteiger partial charge is 0.230 e. The van der Waals surface area contributed by atoms with Gasteiger partial charge in [-0.3, -0.25) is 14.5 Å². The highest BCUT2D eigenvalue weighted by atomic mass is 35.5. The minimum Gasteiger partial charge on any atom is -0.384 e. The second-order valence-corrected chi connectivity index (χ2v) is 12.1. The summed E-state index contributed by atoms with van der Waals surface area (Å²) < 4.78 is 0.573. The van der Waals surface area contributed by atoms with Crippen molar-refractivity contribution in [1.29, 1.82) is 5.26 Å². The van der Waals surface area contributed by atoms with Gasteiger partial charge in [0.2, 0.25) is 11.0 Å². The molecule has 1 aromatic heterocycles. The van der Waals surface area contributed by atoms with Gasteiger partial charge in [-0.15, -0.1) is 10.2 Å². The number of ketones is 1. The van der Waals surface area contributed by atoms with E-state index in [-0.39, 0.29) is 33.9 Å². The molecule has 2 aromatic carbocycles. The number of hydrogen-bond donors (Lipinski definition) is 2. The summed E-state index contributed by atoms with van der Waals surface area (Å²) in [4.78, 5) is 27.3. The highest BCUT2D eigenvalue weighted by Gasteiger charge is 2.42. The van der Waals surface area contributed by atoms with Gasteiger partial charge in [0.15, 0.2) is 10.1 Å². The summed E-state index contributed by atoms with van der Waals surface area (Å²) >= 11 is 15.3. The number of nitriles is 1. The SMILES string of the molecule is N#CC1=C(N)N(c2nnc(SCC(=O)NCCc3ccccc3)s2)C2=C(C(=O)CCC2)C1c1cccc(Cl)c1Cl. The lowest BCUT2D eigenvalue weighted by Crippen LogP contribution is -2.38. The Hall–Kier alpha value is -3.36. The highest BCUT2D eigenvalue weighted by Crippen LogP contribution is 2.49. The zero-order valence-electron chi connectivity index (χ0n) is 21.2. The summed E-state index contributed by atoms with van der Waals surface area (Å²) in [7, 11) is 0. The van der Waals surface area contributed by atoms with Crippen molar-refractivity contribution >= 4 is 63.1 Å². The number of amides is 1. The average Bonchev–Trinajstić information content (AvgIpc) is 3.42. The first kappa shape index (κ1) is 28.2. The number of carbonyl (C=O) groups is 2. The van der Waals surface area contributed by atoms with Gasteiger partial charge >= 0.3 is 0 Å². The minimum absolute atomic E-state index is 0.0705. The van der Waals surface area contributed by atoms with Crippen molar-refractivity contribution in [3.05, 3.63) is 92.4 Å². The van der Waals surface area contributed by atoms with Crippen LogP contribution < -0.4 is 16.0 Å². The lowest BCUT2D eigenvalue weighted by Gasteiger charge is -2.38. The van der Waals surface area contributed by atoms with Crippen LogP contribution in [0.4, 0.5) is 5.13 Å². The number of benzene rings is 2. The van der Waals surface area contributed by atoms with Gasteiger partial charge in [-0.1, -0.05) is 88.8 Å². The first-order valence-corrected chi connectivity index (χ1v) is 15.1. The zero-order valence-corrected chi connectivity index (χ0v) is 24.3. The molecule has 5 rings (SSSR count). The molecule has 1 atom stereocenters. The van der Waals surface area contributed by atoms with Gasteiger partial charge in [0.25, 0.3) is 0 Å². The molecule has 12 heteroatoms. The van der Waals surface area contributed by atoms with Gasteiger partial charge < -0.3 is 11.1 Å². The van der Waals surface area contributed by atoms with Crippen molar-refractivity contribution in [2.24, 2.45) is 5.73 Å². The molecule has 1 aliphatic carbocycles. The Labute approximate surface area is 249 Å². The number of anilines is 1. The van der Waals surface area contributed by atoms with Crippen LogP contribution in [0.2, 0.25) is 10.0 Å². The van der Waals surface area contributed by atoms with Gasteiger partial charge in [-0.2, -0.15) is 5.26 Å². The van der Waals surface area contributed by atoms with Crippen LogP contribution >= 0.6 is 46.3 Å². The summed E-state index contributed by atoms with van der Waals surface area (Å²) in [5.41, 5.74) is 9.66. The molecule has 3 N–H and O–H groups in total. The number of carbonyl (C=O) groups excluding carboxylic acids is 2. The molecule has 0 bridgehead atoms. The van der Waals surface area contributed by atoms with E-state index in [0.29, 0.717) is 57.1 Å². The predicted molar refractivity (Wildman–Crippen MR) is 158 cm³/mol. The molecular formula is C28H24Cl2N6O2S2. The first-order valence-electron chi connectivity index (χ1n) is 12.6. The molecule has 0 spiro atoms. The second kappa shape index (κ2) is 12.4. The van der Waals surface area contributed by atoms with Crippen molar-refractivity contribution in [3.8, 4) is 6.07 Å². The Morgan fingerprint density at radius 3 is 2.75 bits per heavy atom. The number of allylic oxidation sites excluding steroid dienone is 3. The van der Waals surface area contributed by atoms with Gasteiger partial charge in [0, 0.05) is 24.2 Å². The Bertz CT molecular complexity index is 1560. The van der Waals surface area contributed by atoms with Gasteiger partial charge in [-0.25, -0.2) is 0 Å². The Kier molecular flexibility index (Phi) is 8.76. The van der Waals surface area contributed by atoms with Crippen LogP contribution in [0.5, 0.6) is 0 Å². The van der Waals surface area contributed by atoms with E-state index in [9.17, 15) is 14.9 Å². The average molecular weight is 612 g/mol. The normalized spacial score (nSPS) is 17.1. The van der Waals surface area contributed by atoms with Crippen LogP contribution in [-0.4, -0.2) is 34.2 Å². The summed E-state index contributed by atoms with van der Waals surface area (Å²) in [5.74, 6) is -0.551. The molecule has 1 aliphatic heterocycles. The molecule has 8 nitrogen and oxygen atoms in total. The predicted octanol–water partition coefficient (Wildman–Crippen LogP) is 5.60. The van der Waals surface area contributed by atoms with Crippen molar-refractivity contribution in [1.82, 2.24) is 15.5 Å². The lowest BCUT2D eigenvalue weighted by atomic mass is 9.76. The number of Topliss-reactive ketones (excluding diaryl/α,β-unsaturated/α-hetero) is 1. The molecule has 2 heterocycles. The molecule has 0 saturated carbocycles. The van der Waals surface area contributed by atoms with E-state index >= 15 is 0 Å². The van der Waals surface area contributed by atoms with E-state index in [1.54, 1.807) is 23.1 Å². The van der Waals surface area contributed by atoms with E-state index in [0.717, 1.165) is 12.0 Å². The molecule has 204 valence electrons. The van der Waals surface area contributed by atoms with E-state index < -0.39 is 5.92 Å². The standard InChI is InChI=1S/C28H24Cl2N6O2S2/c29-19-9-4-8-17(25(19)30)23-18(14-31)26(32)36(20-10-5-11-21(37)24(20)23)27-34-35-28(40-27)39-15-22(38)33-13-12-16-6-2-1-3-7-16/h1-4,6-9,23H,5,10-13,15,32H2,(H,33,38). The molecule has 1 amide bonds. The van der Waals surface area contributed by atoms with Crippen LogP contribution in [0.25, 0.3) is 0 Å². The quantitative estimate of drug-likeness (QED) is 0.316. The molecule has 1 unspecified atom stereocenters. The maximum atomic E-state index is 13.3.